The summed E-state index contributed by atoms with van der Waals surface area (Å²) in [6, 6.07) is 4.16. The Bertz CT molecular complexity index is 550. The van der Waals surface area contributed by atoms with Crippen LogP contribution in [0.3, 0.4) is 0 Å². The molecule has 2 atom stereocenters. The van der Waals surface area contributed by atoms with Crippen LogP contribution in [0.4, 0.5) is 11.4 Å². The number of nitro groups is 1. The van der Waals surface area contributed by atoms with Gasteiger partial charge in [0, 0.05) is 29.1 Å². The second kappa shape index (κ2) is 6.80. The van der Waals surface area contributed by atoms with Crippen molar-refractivity contribution in [3.05, 3.63) is 33.9 Å². The smallest absolute Gasteiger partial charge is 0.338 e. The van der Waals surface area contributed by atoms with Crippen molar-refractivity contribution in [2.45, 2.75) is 37.5 Å². The van der Waals surface area contributed by atoms with E-state index in [-0.39, 0.29) is 17.3 Å². The van der Waals surface area contributed by atoms with E-state index in [0.717, 1.165) is 31.1 Å². The molecular formula is C14H18N2O4S. The zero-order chi connectivity index (χ0) is 15.4. The first-order valence-electron chi connectivity index (χ1n) is 6.92. The van der Waals surface area contributed by atoms with Crippen LogP contribution in [0.5, 0.6) is 0 Å². The minimum absolute atomic E-state index is 0.0450. The van der Waals surface area contributed by atoms with E-state index in [2.05, 4.69) is 12.2 Å². The molecular weight excluding hydrogens is 292 g/mol. The average molecular weight is 310 g/mol. The van der Waals surface area contributed by atoms with E-state index in [1.807, 2.05) is 11.8 Å². The largest absolute Gasteiger partial charge is 0.478 e. The molecule has 0 saturated heterocycles. The topological polar surface area (TPSA) is 92.5 Å². The molecule has 2 unspecified atom stereocenters. The number of carboxylic acid groups (broad SMARTS) is 1. The number of rotatable bonds is 6. The Kier molecular flexibility index (Phi) is 5.06. The molecule has 1 aromatic carbocycles. The molecule has 114 valence electrons. The van der Waals surface area contributed by atoms with Crippen molar-refractivity contribution in [3.63, 3.8) is 0 Å². The van der Waals surface area contributed by atoms with E-state index >= 15 is 0 Å². The lowest BCUT2D eigenvalue weighted by atomic mass is 10.1. The third kappa shape index (κ3) is 3.66. The molecule has 2 N–H and O–H groups in total. The van der Waals surface area contributed by atoms with Crippen LogP contribution in [0.2, 0.25) is 0 Å². The van der Waals surface area contributed by atoms with Crippen molar-refractivity contribution >= 4 is 29.1 Å². The van der Waals surface area contributed by atoms with Gasteiger partial charge in [0.15, 0.2) is 0 Å². The molecule has 1 saturated carbocycles. The molecule has 0 aromatic heterocycles. The van der Waals surface area contributed by atoms with Gasteiger partial charge in [-0.2, -0.15) is 11.8 Å². The molecule has 1 aliphatic carbocycles. The predicted octanol–water partition coefficient (Wildman–Crippen LogP) is 3.38. The first kappa shape index (κ1) is 15.6. The Hall–Kier alpha value is -1.76. The van der Waals surface area contributed by atoms with Crippen molar-refractivity contribution in [3.8, 4) is 0 Å². The first-order valence-corrected chi connectivity index (χ1v) is 7.97. The van der Waals surface area contributed by atoms with Crippen molar-refractivity contribution in [1.82, 2.24) is 0 Å². The molecule has 0 amide bonds. The molecule has 0 heterocycles. The van der Waals surface area contributed by atoms with Crippen LogP contribution in [0.15, 0.2) is 18.2 Å². The van der Waals surface area contributed by atoms with Crippen molar-refractivity contribution < 1.29 is 14.8 Å². The Labute approximate surface area is 127 Å². The van der Waals surface area contributed by atoms with Crippen LogP contribution in [0.25, 0.3) is 0 Å². The number of nitrogens with zero attached hydrogens (tertiary/aromatic N) is 1. The zero-order valence-electron chi connectivity index (χ0n) is 11.7. The van der Waals surface area contributed by atoms with Gasteiger partial charge in [0.1, 0.15) is 0 Å². The highest BCUT2D eigenvalue weighted by Gasteiger charge is 2.28. The summed E-state index contributed by atoms with van der Waals surface area (Å²) in [4.78, 5) is 21.5. The lowest BCUT2D eigenvalue weighted by Crippen LogP contribution is -2.27. The quantitative estimate of drug-likeness (QED) is 0.618. The fourth-order valence-corrected chi connectivity index (χ4v) is 3.85. The van der Waals surface area contributed by atoms with Crippen LogP contribution < -0.4 is 5.32 Å². The van der Waals surface area contributed by atoms with Crippen LogP contribution >= 0.6 is 11.8 Å². The minimum atomic E-state index is -1.15. The van der Waals surface area contributed by atoms with Crippen LogP contribution in [-0.4, -0.2) is 33.0 Å². The maximum absolute atomic E-state index is 11.3. The molecule has 1 fully saturated rings. The third-order valence-corrected chi connectivity index (χ3v) is 4.94. The number of carboxylic acids is 1. The van der Waals surface area contributed by atoms with E-state index in [4.69, 9.17) is 0 Å². The molecule has 2 rings (SSSR count). The highest BCUT2D eigenvalue weighted by atomic mass is 32.2. The second-order valence-electron chi connectivity index (χ2n) is 4.97. The lowest BCUT2D eigenvalue weighted by Gasteiger charge is -2.22. The standard InChI is InChI=1S/C14H18N2O4S/c1-2-21-13-5-3-4-12(13)15-11-7-6-9(16(19)20)8-10(11)14(17)18/h6-8,12-13,15H,2-5H2,1H3,(H,17,18). The van der Waals surface area contributed by atoms with Crippen LogP contribution in [0, 0.1) is 10.1 Å². The average Bonchev–Trinajstić information content (AvgIpc) is 2.86. The highest BCUT2D eigenvalue weighted by molar-refractivity contribution is 7.99. The molecule has 0 spiro atoms. The Morgan fingerprint density at radius 3 is 2.90 bits per heavy atom. The number of aromatic carboxylic acids is 1. The molecule has 1 aromatic rings. The fourth-order valence-electron chi connectivity index (χ4n) is 2.65. The Balaban J connectivity index is 2.23. The first-order chi connectivity index (χ1) is 10.0. The zero-order valence-corrected chi connectivity index (χ0v) is 12.6. The number of carbonyl (C=O) groups is 1. The van der Waals surface area contributed by atoms with Gasteiger partial charge in [0.05, 0.1) is 10.5 Å². The maximum atomic E-state index is 11.3. The minimum Gasteiger partial charge on any atom is -0.478 e. The molecule has 6 nitrogen and oxygen atoms in total. The number of benzene rings is 1. The van der Waals surface area contributed by atoms with Crippen LogP contribution in [-0.2, 0) is 0 Å². The summed E-state index contributed by atoms with van der Waals surface area (Å²) in [5.41, 5.74) is 0.210. The summed E-state index contributed by atoms with van der Waals surface area (Å²) < 4.78 is 0. The van der Waals surface area contributed by atoms with Gasteiger partial charge in [-0.25, -0.2) is 4.79 Å². The Morgan fingerprint density at radius 2 is 2.29 bits per heavy atom. The fraction of sp³-hybridized carbons (Fsp3) is 0.500. The predicted molar refractivity (Wildman–Crippen MR) is 83.2 cm³/mol. The van der Waals surface area contributed by atoms with E-state index in [0.29, 0.717) is 10.9 Å². The molecule has 7 heteroatoms. The number of anilines is 1. The van der Waals surface area contributed by atoms with Gasteiger partial charge in [0.2, 0.25) is 0 Å². The third-order valence-electron chi connectivity index (χ3n) is 3.62. The number of nitrogens with one attached hydrogen (secondary N) is 1. The molecule has 1 aliphatic rings. The van der Waals surface area contributed by atoms with E-state index in [1.165, 1.54) is 12.1 Å². The van der Waals surface area contributed by atoms with E-state index < -0.39 is 10.9 Å². The molecule has 0 bridgehead atoms. The van der Waals surface area contributed by atoms with Gasteiger partial charge < -0.3 is 10.4 Å². The number of non-ortho nitro benzene ring substituents is 1. The van der Waals surface area contributed by atoms with Crippen molar-refractivity contribution in [1.29, 1.82) is 0 Å². The highest BCUT2D eigenvalue weighted by Crippen LogP contribution is 2.33. The molecule has 0 aliphatic heterocycles. The van der Waals surface area contributed by atoms with Gasteiger partial charge in [-0.1, -0.05) is 13.3 Å². The van der Waals surface area contributed by atoms with E-state index in [1.54, 1.807) is 0 Å². The summed E-state index contributed by atoms with van der Waals surface area (Å²) in [6.07, 6.45) is 3.23. The SMILES string of the molecule is CCSC1CCCC1Nc1ccc([N+](=O)[O-])cc1C(=O)O. The summed E-state index contributed by atoms with van der Waals surface area (Å²) in [6.45, 7) is 2.11. The van der Waals surface area contributed by atoms with Gasteiger partial charge in [0.25, 0.3) is 5.69 Å². The summed E-state index contributed by atoms with van der Waals surface area (Å²) in [7, 11) is 0. The van der Waals surface area contributed by atoms with Crippen LogP contribution in [0.1, 0.15) is 36.5 Å². The summed E-state index contributed by atoms with van der Waals surface area (Å²) in [5.74, 6) is -0.131. The van der Waals surface area contributed by atoms with Crippen molar-refractivity contribution in [2.24, 2.45) is 0 Å². The monoisotopic (exact) mass is 310 g/mol. The van der Waals surface area contributed by atoms with Gasteiger partial charge in [-0.3, -0.25) is 10.1 Å². The number of hydrogen-bond donors (Lipinski definition) is 2. The van der Waals surface area contributed by atoms with Gasteiger partial charge in [-0.05, 0) is 24.7 Å². The van der Waals surface area contributed by atoms with Crippen molar-refractivity contribution in [2.75, 3.05) is 11.1 Å². The second-order valence-corrected chi connectivity index (χ2v) is 6.48. The van der Waals surface area contributed by atoms with Gasteiger partial charge >= 0.3 is 5.97 Å². The van der Waals surface area contributed by atoms with Gasteiger partial charge in [-0.15, -0.1) is 0 Å². The number of hydrogen-bond acceptors (Lipinski definition) is 5. The lowest BCUT2D eigenvalue weighted by molar-refractivity contribution is -0.384. The number of thioether (sulfide) groups is 1. The molecule has 21 heavy (non-hydrogen) atoms. The summed E-state index contributed by atoms with van der Waals surface area (Å²) >= 11 is 1.87. The molecule has 0 radical (unpaired) electrons. The number of nitro benzene ring substituents is 1. The van der Waals surface area contributed by atoms with E-state index in [9.17, 15) is 20.0 Å². The summed E-state index contributed by atoms with van der Waals surface area (Å²) in [5, 5.41) is 23.7. The maximum Gasteiger partial charge on any atom is 0.338 e. The normalized spacial score (nSPS) is 21.2. The Morgan fingerprint density at radius 1 is 1.52 bits per heavy atom.